The molecule has 2 amide bonds. The molecule has 1 unspecified atom stereocenters. The number of aromatic nitrogens is 4. The van der Waals surface area contributed by atoms with Crippen molar-refractivity contribution in [2.75, 3.05) is 13.7 Å². The van der Waals surface area contributed by atoms with Gasteiger partial charge in [-0.2, -0.15) is 13.9 Å². The molecule has 6 rings (SSSR count). The number of alkyl halides is 2. The lowest BCUT2D eigenvalue weighted by Crippen LogP contribution is -2.50. The number of hydrogen-bond donors (Lipinski definition) is 2. The van der Waals surface area contributed by atoms with Gasteiger partial charge in [-0.1, -0.05) is 9.24 Å². The van der Waals surface area contributed by atoms with Crippen LogP contribution in [-0.2, 0) is 21.7 Å². The molecule has 2 bridgehead atoms. The summed E-state index contributed by atoms with van der Waals surface area (Å²) in [6, 6.07) is 3.84. The normalized spacial score (nSPS) is 22.2. The summed E-state index contributed by atoms with van der Waals surface area (Å²) in [5.74, 6) is -2.29. The highest BCUT2D eigenvalue weighted by molar-refractivity contribution is 7.17. The van der Waals surface area contributed by atoms with Crippen molar-refractivity contribution in [3.8, 4) is 0 Å². The summed E-state index contributed by atoms with van der Waals surface area (Å²) in [6.45, 7) is 0.226. The van der Waals surface area contributed by atoms with Crippen molar-refractivity contribution in [3.63, 3.8) is 0 Å². The van der Waals surface area contributed by atoms with Crippen molar-refractivity contribution in [2.45, 2.75) is 50.7 Å². The predicted octanol–water partition coefficient (Wildman–Crippen LogP) is 3.36. The van der Waals surface area contributed by atoms with E-state index in [9.17, 15) is 27.6 Å². The van der Waals surface area contributed by atoms with E-state index in [1.807, 2.05) is 0 Å². The molecular formula is C26H28F3N6O4P. The molecule has 3 aromatic rings. The number of hydrogen-bond acceptors (Lipinski definition) is 7. The molecule has 10 nitrogen and oxygen atoms in total. The Hall–Kier alpha value is -3.60. The third kappa shape index (κ3) is 5.26. The van der Waals surface area contributed by atoms with Gasteiger partial charge >= 0.3 is 5.97 Å². The number of nitrogens with one attached hydrogen (secondary N) is 2. The molecule has 40 heavy (non-hydrogen) atoms. The Balaban J connectivity index is 1.30. The summed E-state index contributed by atoms with van der Waals surface area (Å²) in [4.78, 5) is 46.1. The summed E-state index contributed by atoms with van der Waals surface area (Å²) in [7, 11) is 2.80. The van der Waals surface area contributed by atoms with E-state index in [-0.39, 0.29) is 35.0 Å². The Morgan fingerprint density at radius 3 is 2.45 bits per heavy atom. The highest BCUT2D eigenvalue weighted by Crippen LogP contribution is 2.57. The van der Waals surface area contributed by atoms with E-state index in [4.69, 9.17) is 4.74 Å². The van der Waals surface area contributed by atoms with Gasteiger partial charge in [0, 0.05) is 25.4 Å². The minimum absolute atomic E-state index is 0.0835. The molecule has 3 fully saturated rings. The largest absolute Gasteiger partial charge is 0.469 e. The zero-order valence-corrected chi connectivity index (χ0v) is 22.8. The minimum atomic E-state index is -3.23. The summed E-state index contributed by atoms with van der Waals surface area (Å²) in [5.41, 5.74) is -4.57. The molecule has 3 saturated carbocycles. The maximum atomic E-state index is 14.4. The van der Waals surface area contributed by atoms with E-state index < -0.39 is 34.4 Å². The molecule has 3 heterocycles. The first-order chi connectivity index (χ1) is 19.0. The summed E-state index contributed by atoms with van der Waals surface area (Å²) in [5, 5.41) is 9.36. The van der Waals surface area contributed by atoms with Crippen LogP contribution in [0.3, 0.4) is 0 Å². The lowest BCUT2D eigenvalue weighted by Gasteiger charge is -2.51. The third-order valence-electron chi connectivity index (χ3n) is 8.16. The van der Waals surface area contributed by atoms with Crippen LogP contribution in [0.1, 0.15) is 70.8 Å². The number of carbonyl (C=O) groups is 3. The smallest absolute Gasteiger partial charge is 0.311 e. The molecular weight excluding hydrogens is 548 g/mol. The Bertz CT molecular complexity index is 1470. The molecule has 212 valence electrons. The van der Waals surface area contributed by atoms with Gasteiger partial charge in [-0.3, -0.25) is 19.4 Å². The van der Waals surface area contributed by atoms with Gasteiger partial charge in [-0.15, -0.1) is 0 Å². The second-order valence-electron chi connectivity index (χ2n) is 10.6. The van der Waals surface area contributed by atoms with Gasteiger partial charge in [-0.25, -0.2) is 13.9 Å². The highest BCUT2D eigenvalue weighted by Gasteiger charge is 2.53. The van der Waals surface area contributed by atoms with E-state index >= 15 is 0 Å². The van der Waals surface area contributed by atoms with Crippen molar-refractivity contribution in [2.24, 2.45) is 10.8 Å². The monoisotopic (exact) mass is 576 g/mol. The number of rotatable bonds is 8. The van der Waals surface area contributed by atoms with Gasteiger partial charge in [0.05, 0.1) is 18.7 Å². The molecule has 14 heteroatoms. The fourth-order valence-electron chi connectivity index (χ4n) is 5.66. The van der Waals surface area contributed by atoms with E-state index in [1.165, 1.54) is 34.7 Å². The first kappa shape index (κ1) is 27.9. The van der Waals surface area contributed by atoms with E-state index in [0.29, 0.717) is 31.4 Å². The average Bonchev–Trinajstić information content (AvgIpc) is 3.34. The fraction of sp³-hybridized carbons (Fsp3) is 0.462. The van der Waals surface area contributed by atoms with Crippen LogP contribution in [0.2, 0.25) is 0 Å². The van der Waals surface area contributed by atoms with Crippen LogP contribution in [0, 0.1) is 16.6 Å². The van der Waals surface area contributed by atoms with Crippen molar-refractivity contribution >= 4 is 32.7 Å². The van der Waals surface area contributed by atoms with Crippen LogP contribution < -0.4 is 10.6 Å². The number of nitrogens with zero attached hydrogens (tertiary/aromatic N) is 4. The SMILES string of the molecule is COC(=O)C12CCC(CNC(=O)c3cc(C(=O)NCc4ccnc(C(F)(F)P)c4)nc4c(F)cnn34)(CC1)CC2. The first-order valence-electron chi connectivity index (χ1n) is 12.8. The number of fused-ring (bicyclic) bond motifs is 4. The Kier molecular flexibility index (Phi) is 7.28. The summed E-state index contributed by atoms with van der Waals surface area (Å²) >= 11 is 0. The topological polar surface area (TPSA) is 128 Å². The van der Waals surface area contributed by atoms with Gasteiger partial charge in [-0.05, 0) is 61.6 Å². The van der Waals surface area contributed by atoms with Gasteiger partial charge in [0.15, 0.2) is 11.5 Å². The maximum absolute atomic E-state index is 14.4. The van der Waals surface area contributed by atoms with Crippen LogP contribution in [-0.4, -0.2) is 51.0 Å². The Labute approximate surface area is 229 Å². The molecule has 2 N–H and O–H groups in total. The van der Waals surface area contributed by atoms with E-state index in [0.717, 1.165) is 36.0 Å². The number of carbonyl (C=O) groups excluding carboxylic acids is 3. The van der Waals surface area contributed by atoms with Crippen LogP contribution >= 0.6 is 9.24 Å². The molecule has 3 aliphatic carbocycles. The molecule has 0 saturated heterocycles. The fourth-order valence-corrected chi connectivity index (χ4v) is 5.82. The molecule has 0 aromatic carbocycles. The third-order valence-corrected chi connectivity index (χ3v) is 8.45. The van der Waals surface area contributed by atoms with Gasteiger partial charge < -0.3 is 15.4 Å². The number of amides is 2. The maximum Gasteiger partial charge on any atom is 0.311 e. The van der Waals surface area contributed by atoms with Gasteiger partial charge in [0.2, 0.25) is 0 Å². The standard InChI is InChI=1S/C26H28F3N6O4P/c1-39-23(38)25-6-3-24(4-7-25,5-8-25)14-32-22(37)18-11-17(34-20-16(27)13-33-35(18)20)21(36)31-12-15-2-9-30-19(10-15)26(28,29)40/h2,9-11,13H,3-8,12,14,40H2,1H3,(H,31,36)(H,32,37). The zero-order chi connectivity index (χ0) is 28.7. The van der Waals surface area contributed by atoms with Crippen molar-refractivity contribution in [1.82, 2.24) is 30.2 Å². The van der Waals surface area contributed by atoms with Crippen LogP contribution in [0.15, 0.2) is 30.6 Å². The highest BCUT2D eigenvalue weighted by atomic mass is 31.0. The quantitative estimate of drug-likeness (QED) is 0.311. The lowest BCUT2D eigenvalue weighted by atomic mass is 9.53. The molecule has 0 radical (unpaired) electrons. The number of ether oxygens (including phenoxy) is 1. The molecule has 0 spiro atoms. The second-order valence-corrected chi connectivity index (χ2v) is 11.3. The van der Waals surface area contributed by atoms with Crippen LogP contribution in [0.5, 0.6) is 0 Å². The van der Waals surface area contributed by atoms with Gasteiger partial charge in [0.25, 0.3) is 17.5 Å². The Morgan fingerprint density at radius 1 is 1.10 bits per heavy atom. The Morgan fingerprint density at radius 2 is 1.80 bits per heavy atom. The second kappa shape index (κ2) is 10.4. The number of methoxy groups -OCH3 is 1. The van der Waals surface area contributed by atoms with Gasteiger partial charge in [0.1, 0.15) is 17.1 Å². The summed E-state index contributed by atoms with van der Waals surface area (Å²) in [6.07, 6.45) is 6.46. The first-order valence-corrected chi connectivity index (χ1v) is 13.3. The molecule has 1 atom stereocenters. The number of pyridine rings is 1. The number of halogens is 3. The zero-order valence-electron chi connectivity index (χ0n) is 21.7. The predicted molar refractivity (Wildman–Crippen MR) is 139 cm³/mol. The average molecular weight is 577 g/mol. The van der Waals surface area contributed by atoms with Crippen LogP contribution in [0.4, 0.5) is 13.2 Å². The summed E-state index contributed by atoms with van der Waals surface area (Å²) < 4.78 is 47.6. The van der Waals surface area contributed by atoms with Crippen molar-refractivity contribution in [1.29, 1.82) is 0 Å². The van der Waals surface area contributed by atoms with Crippen molar-refractivity contribution in [3.05, 3.63) is 59.1 Å². The molecule has 3 aromatic heterocycles. The molecule has 0 aliphatic heterocycles. The van der Waals surface area contributed by atoms with E-state index in [1.54, 1.807) is 0 Å². The van der Waals surface area contributed by atoms with Crippen molar-refractivity contribution < 1.29 is 32.3 Å². The molecule has 3 aliphatic rings. The number of esters is 1. The minimum Gasteiger partial charge on any atom is -0.469 e. The van der Waals surface area contributed by atoms with Crippen LogP contribution in [0.25, 0.3) is 5.65 Å². The van der Waals surface area contributed by atoms with E-state index in [2.05, 4.69) is 25.7 Å². The lowest BCUT2D eigenvalue weighted by molar-refractivity contribution is -0.162.